The van der Waals surface area contributed by atoms with Gasteiger partial charge in [0.25, 0.3) is 0 Å². The second-order valence-electron chi connectivity index (χ2n) is 5.57. The SMILES string of the molecule is CC(C)C1=CC(C)(C)C=CC(C(C)C)=N1. The Morgan fingerprint density at radius 3 is 2.13 bits per heavy atom. The van der Waals surface area contributed by atoms with Crippen molar-refractivity contribution >= 4 is 5.71 Å². The zero-order chi connectivity index (χ0) is 11.6. The Labute approximate surface area is 94.0 Å². The van der Waals surface area contributed by atoms with Crippen LogP contribution in [0.5, 0.6) is 0 Å². The first-order chi connectivity index (χ1) is 6.82. The predicted molar refractivity (Wildman–Crippen MR) is 68.1 cm³/mol. The fourth-order valence-electron chi connectivity index (χ4n) is 1.57. The molecular weight excluding hydrogens is 182 g/mol. The van der Waals surface area contributed by atoms with Gasteiger partial charge in [0.1, 0.15) is 0 Å². The van der Waals surface area contributed by atoms with Crippen LogP contribution in [0.1, 0.15) is 41.5 Å². The van der Waals surface area contributed by atoms with Gasteiger partial charge in [0.2, 0.25) is 0 Å². The van der Waals surface area contributed by atoms with Crippen molar-refractivity contribution in [1.29, 1.82) is 0 Å². The van der Waals surface area contributed by atoms with Gasteiger partial charge >= 0.3 is 0 Å². The maximum absolute atomic E-state index is 4.76. The second-order valence-corrected chi connectivity index (χ2v) is 5.57. The van der Waals surface area contributed by atoms with Gasteiger partial charge in [0, 0.05) is 16.8 Å². The molecule has 0 spiro atoms. The molecule has 1 heterocycles. The molecular formula is C14H23N. The normalized spacial score (nSPS) is 20.3. The van der Waals surface area contributed by atoms with E-state index in [9.17, 15) is 0 Å². The lowest BCUT2D eigenvalue weighted by Gasteiger charge is -2.15. The minimum atomic E-state index is 0.125. The highest BCUT2D eigenvalue weighted by atomic mass is 14.8. The molecule has 15 heavy (non-hydrogen) atoms. The maximum Gasteiger partial charge on any atom is 0.0429 e. The fraction of sp³-hybridized carbons (Fsp3) is 0.643. The largest absolute Gasteiger partial charge is 0.258 e. The third-order valence-corrected chi connectivity index (χ3v) is 2.64. The molecule has 0 N–H and O–H groups in total. The molecule has 0 aromatic heterocycles. The van der Waals surface area contributed by atoms with Crippen LogP contribution in [0.4, 0.5) is 0 Å². The van der Waals surface area contributed by atoms with E-state index in [4.69, 9.17) is 4.99 Å². The first-order valence-corrected chi connectivity index (χ1v) is 5.82. The van der Waals surface area contributed by atoms with Crippen LogP contribution >= 0.6 is 0 Å². The molecule has 1 rings (SSSR count). The highest BCUT2D eigenvalue weighted by Gasteiger charge is 2.18. The molecule has 0 saturated carbocycles. The maximum atomic E-state index is 4.76. The third kappa shape index (κ3) is 3.33. The van der Waals surface area contributed by atoms with E-state index in [0.29, 0.717) is 11.8 Å². The Hall–Kier alpha value is -0.850. The van der Waals surface area contributed by atoms with Crippen molar-refractivity contribution < 1.29 is 0 Å². The van der Waals surface area contributed by atoms with E-state index in [2.05, 4.69) is 59.8 Å². The van der Waals surface area contributed by atoms with Gasteiger partial charge in [-0.1, -0.05) is 53.7 Å². The van der Waals surface area contributed by atoms with E-state index in [1.54, 1.807) is 0 Å². The average Bonchev–Trinajstić information content (AvgIpc) is 2.23. The summed E-state index contributed by atoms with van der Waals surface area (Å²) in [5, 5.41) is 0. The Kier molecular flexibility index (Phi) is 3.54. The molecule has 0 radical (unpaired) electrons. The zero-order valence-corrected chi connectivity index (χ0v) is 10.8. The summed E-state index contributed by atoms with van der Waals surface area (Å²) in [4.78, 5) is 4.76. The van der Waals surface area contributed by atoms with Crippen molar-refractivity contribution in [3.63, 3.8) is 0 Å². The quantitative estimate of drug-likeness (QED) is 0.640. The lowest BCUT2D eigenvalue weighted by atomic mass is 9.90. The first kappa shape index (κ1) is 12.2. The van der Waals surface area contributed by atoms with Gasteiger partial charge in [-0.15, -0.1) is 0 Å². The van der Waals surface area contributed by atoms with Gasteiger partial charge in [-0.3, -0.25) is 4.99 Å². The van der Waals surface area contributed by atoms with E-state index in [-0.39, 0.29) is 5.41 Å². The summed E-state index contributed by atoms with van der Waals surface area (Å²) in [6, 6.07) is 0. The van der Waals surface area contributed by atoms with E-state index < -0.39 is 0 Å². The number of rotatable bonds is 2. The molecule has 0 aliphatic carbocycles. The van der Waals surface area contributed by atoms with Gasteiger partial charge in [-0.05, 0) is 17.9 Å². The molecule has 0 aromatic carbocycles. The van der Waals surface area contributed by atoms with Crippen LogP contribution in [0, 0.1) is 17.3 Å². The van der Waals surface area contributed by atoms with E-state index in [0.717, 1.165) is 0 Å². The van der Waals surface area contributed by atoms with Crippen LogP contribution in [0.3, 0.4) is 0 Å². The number of nitrogens with zero attached hydrogens (tertiary/aromatic N) is 1. The van der Waals surface area contributed by atoms with Gasteiger partial charge in [0.05, 0.1) is 0 Å². The molecule has 0 amide bonds. The molecule has 1 nitrogen and oxygen atoms in total. The Bertz CT molecular complexity index is 314. The van der Waals surface area contributed by atoms with Gasteiger partial charge in [0.15, 0.2) is 0 Å². The van der Waals surface area contributed by atoms with Crippen molar-refractivity contribution in [1.82, 2.24) is 0 Å². The van der Waals surface area contributed by atoms with Crippen LogP contribution in [0.2, 0.25) is 0 Å². The molecule has 84 valence electrons. The predicted octanol–water partition coefficient (Wildman–Crippen LogP) is 4.22. The van der Waals surface area contributed by atoms with Crippen molar-refractivity contribution in [3.8, 4) is 0 Å². The molecule has 1 aliphatic heterocycles. The van der Waals surface area contributed by atoms with Crippen molar-refractivity contribution in [2.75, 3.05) is 0 Å². The van der Waals surface area contributed by atoms with Crippen molar-refractivity contribution in [2.24, 2.45) is 22.2 Å². The topological polar surface area (TPSA) is 12.4 Å². The highest BCUT2D eigenvalue weighted by Crippen LogP contribution is 2.28. The highest BCUT2D eigenvalue weighted by molar-refractivity contribution is 5.97. The molecule has 0 aromatic rings. The second kappa shape index (κ2) is 4.34. The fourth-order valence-corrected chi connectivity index (χ4v) is 1.57. The van der Waals surface area contributed by atoms with Crippen LogP contribution < -0.4 is 0 Å². The summed E-state index contributed by atoms with van der Waals surface area (Å²) in [6.45, 7) is 13.2. The van der Waals surface area contributed by atoms with Gasteiger partial charge < -0.3 is 0 Å². The number of allylic oxidation sites excluding steroid dienone is 4. The van der Waals surface area contributed by atoms with Gasteiger partial charge in [-0.25, -0.2) is 0 Å². The third-order valence-electron chi connectivity index (χ3n) is 2.64. The average molecular weight is 205 g/mol. The Morgan fingerprint density at radius 1 is 1.07 bits per heavy atom. The molecule has 0 saturated heterocycles. The monoisotopic (exact) mass is 205 g/mol. The van der Waals surface area contributed by atoms with Gasteiger partial charge in [-0.2, -0.15) is 0 Å². The summed E-state index contributed by atoms with van der Waals surface area (Å²) in [6.07, 6.45) is 6.71. The lowest BCUT2D eigenvalue weighted by molar-refractivity contribution is 0.606. The van der Waals surface area contributed by atoms with Crippen LogP contribution in [0.15, 0.2) is 28.9 Å². The van der Waals surface area contributed by atoms with Crippen molar-refractivity contribution in [2.45, 2.75) is 41.5 Å². The summed E-state index contributed by atoms with van der Waals surface area (Å²) >= 11 is 0. The molecule has 0 fully saturated rings. The standard InChI is InChI=1S/C14H23N/c1-10(2)12-7-8-14(5,6)9-13(15-12)11(3)4/h7-11H,1-6H3. The molecule has 0 atom stereocenters. The van der Waals surface area contributed by atoms with Crippen LogP contribution in [-0.4, -0.2) is 5.71 Å². The summed E-state index contributed by atoms with van der Waals surface area (Å²) in [5.74, 6) is 0.996. The molecule has 1 aliphatic rings. The minimum absolute atomic E-state index is 0.125. The summed E-state index contributed by atoms with van der Waals surface area (Å²) in [5.41, 5.74) is 2.54. The minimum Gasteiger partial charge on any atom is -0.258 e. The summed E-state index contributed by atoms with van der Waals surface area (Å²) in [7, 11) is 0. The van der Waals surface area contributed by atoms with E-state index in [1.807, 2.05) is 0 Å². The number of hydrogen-bond acceptors (Lipinski definition) is 1. The molecule has 0 bridgehead atoms. The van der Waals surface area contributed by atoms with E-state index >= 15 is 0 Å². The number of aliphatic imine (C=N–C) groups is 1. The number of hydrogen-bond donors (Lipinski definition) is 0. The summed E-state index contributed by atoms with van der Waals surface area (Å²) < 4.78 is 0. The van der Waals surface area contributed by atoms with Crippen LogP contribution in [-0.2, 0) is 0 Å². The first-order valence-electron chi connectivity index (χ1n) is 5.82. The Morgan fingerprint density at radius 2 is 1.67 bits per heavy atom. The smallest absolute Gasteiger partial charge is 0.0429 e. The zero-order valence-electron chi connectivity index (χ0n) is 10.8. The lowest BCUT2D eigenvalue weighted by Crippen LogP contribution is -2.05. The van der Waals surface area contributed by atoms with Crippen LogP contribution in [0.25, 0.3) is 0 Å². The van der Waals surface area contributed by atoms with Crippen molar-refractivity contribution in [3.05, 3.63) is 23.9 Å². The molecule has 1 heteroatoms. The Balaban J connectivity index is 3.12. The molecule has 0 unspecified atom stereocenters. The van der Waals surface area contributed by atoms with E-state index in [1.165, 1.54) is 11.4 Å².